The standard InChI is InChI=1S/C42H54O7Si/c1-6-10-32-12-18-35(19-13-32)36-22-24-39(25-23-36)49-42(44)27-17-34-16-26-40(37-20-14-33(15-21-37)28-29-48-41(43)7-2)38(31-34)11-8-9-30-50(45-3,46-4)47-5/h7,12-21,26-27,31,36,39H,2,6,8-11,22-25,28-30H2,1,3-5H3/b27-17+. The molecule has 0 spiro atoms. The van der Waals surface area contributed by atoms with Gasteiger partial charge < -0.3 is 22.8 Å². The van der Waals surface area contributed by atoms with E-state index in [2.05, 4.69) is 74.2 Å². The van der Waals surface area contributed by atoms with Gasteiger partial charge in [0.2, 0.25) is 0 Å². The minimum atomic E-state index is -2.64. The summed E-state index contributed by atoms with van der Waals surface area (Å²) >= 11 is 0. The quantitative estimate of drug-likeness (QED) is 0.0535. The molecular formula is C42H54O7Si. The Balaban J connectivity index is 1.38. The van der Waals surface area contributed by atoms with Gasteiger partial charge in [-0.1, -0.05) is 86.7 Å². The summed E-state index contributed by atoms with van der Waals surface area (Å²) < 4.78 is 27.9. The molecule has 3 aromatic carbocycles. The second-order valence-corrected chi connectivity index (χ2v) is 16.1. The molecule has 0 saturated heterocycles. The van der Waals surface area contributed by atoms with Crippen molar-refractivity contribution in [3.05, 3.63) is 113 Å². The fourth-order valence-corrected chi connectivity index (χ4v) is 8.52. The summed E-state index contributed by atoms with van der Waals surface area (Å²) in [7, 11) is 2.29. The van der Waals surface area contributed by atoms with E-state index in [4.69, 9.17) is 22.8 Å². The van der Waals surface area contributed by atoms with Gasteiger partial charge in [0.05, 0.1) is 6.61 Å². The molecule has 4 rings (SSSR count). The topological polar surface area (TPSA) is 80.3 Å². The first-order valence-corrected chi connectivity index (χ1v) is 19.9. The van der Waals surface area contributed by atoms with Crippen LogP contribution in [0.5, 0.6) is 0 Å². The van der Waals surface area contributed by atoms with Gasteiger partial charge >= 0.3 is 20.7 Å². The van der Waals surface area contributed by atoms with Crippen LogP contribution in [0, 0.1) is 0 Å². The molecule has 50 heavy (non-hydrogen) atoms. The van der Waals surface area contributed by atoms with Gasteiger partial charge in [-0.3, -0.25) is 0 Å². The van der Waals surface area contributed by atoms with E-state index < -0.39 is 14.8 Å². The molecule has 0 radical (unpaired) electrons. The maximum absolute atomic E-state index is 12.9. The fourth-order valence-electron chi connectivity index (χ4n) is 6.73. The minimum absolute atomic E-state index is 0.0420. The van der Waals surface area contributed by atoms with E-state index >= 15 is 0 Å². The summed E-state index contributed by atoms with van der Waals surface area (Å²) in [5.41, 5.74) is 8.25. The highest BCUT2D eigenvalue weighted by atomic mass is 28.4. The average Bonchev–Trinajstić information content (AvgIpc) is 3.15. The van der Waals surface area contributed by atoms with E-state index in [1.54, 1.807) is 27.4 Å². The van der Waals surface area contributed by atoms with Gasteiger partial charge in [0.25, 0.3) is 0 Å². The van der Waals surface area contributed by atoms with Gasteiger partial charge in [-0.25, -0.2) is 9.59 Å². The molecule has 0 N–H and O–H groups in total. The SMILES string of the molecule is C=CC(=O)OCCc1ccc(-c2ccc(/C=C/C(=O)OC3CCC(c4ccc(CCC)cc4)CC3)cc2CCCC[Si](OC)(OC)OC)cc1. The zero-order valence-electron chi connectivity index (χ0n) is 30.3. The van der Waals surface area contributed by atoms with Crippen LogP contribution in [-0.2, 0) is 51.6 Å². The molecule has 0 unspecified atom stereocenters. The average molecular weight is 699 g/mol. The van der Waals surface area contributed by atoms with Crippen molar-refractivity contribution in [3.63, 3.8) is 0 Å². The van der Waals surface area contributed by atoms with E-state index in [0.29, 0.717) is 18.9 Å². The number of benzene rings is 3. The molecule has 0 amide bonds. The summed E-state index contributed by atoms with van der Waals surface area (Å²) in [5, 5.41) is 0. The molecule has 7 nitrogen and oxygen atoms in total. The Morgan fingerprint density at radius 3 is 2.10 bits per heavy atom. The monoisotopic (exact) mass is 698 g/mol. The number of carbonyl (C=O) groups excluding carboxylic acids is 2. The van der Waals surface area contributed by atoms with Gasteiger partial charge in [0.15, 0.2) is 0 Å². The third-order valence-electron chi connectivity index (χ3n) is 9.67. The van der Waals surface area contributed by atoms with Crippen LogP contribution in [-0.4, -0.2) is 54.8 Å². The summed E-state index contributed by atoms with van der Waals surface area (Å²) in [6.45, 7) is 5.96. The van der Waals surface area contributed by atoms with Crippen molar-refractivity contribution < 1.29 is 32.3 Å². The lowest BCUT2D eigenvalue weighted by Crippen LogP contribution is -2.42. The van der Waals surface area contributed by atoms with Crippen LogP contribution in [0.15, 0.2) is 85.5 Å². The maximum Gasteiger partial charge on any atom is 0.500 e. The Bertz CT molecular complexity index is 1530. The van der Waals surface area contributed by atoms with Crippen LogP contribution < -0.4 is 0 Å². The third-order valence-corrected chi connectivity index (χ3v) is 12.5. The lowest BCUT2D eigenvalue weighted by Gasteiger charge is -2.28. The van der Waals surface area contributed by atoms with Crippen molar-refractivity contribution in [2.24, 2.45) is 0 Å². The van der Waals surface area contributed by atoms with E-state index in [1.807, 2.05) is 12.1 Å². The largest absolute Gasteiger partial charge is 0.500 e. The normalized spacial score (nSPS) is 16.3. The van der Waals surface area contributed by atoms with Crippen LogP contribution in [0.25, 0.3) is 17.2 Å². The number of esters is 2. The number of ether oxygens (including phenoxy) is 2. The lowest BCUT2D eigenvalue weighted by atomic mass is 9.82. The van der Waals surface area contributed by atoms with Crippen LogP contribution >= 0.6 is 0 Å². The molecule has 0 aliphatic heterocycles. The molecule has 3 aromatic rings. The van der Waals surface area contributed by atoms with Crippen molar-refractivity contribution in [3.8, 4) is 11.1 Å². The number of carbonyl (C=O) groups is 2. The van der Waals surface area contributed by atoms with Crippen molar-refractivity contribution in [2.45, 2.75) is 89.2 Å². The van der Waals surface area contributed by atoms with Gasteiger partial charge in [-0.15, -0.1) is 0 Å². The molecule has 1 aliphatic carbocycles. The molecule has 0 heterocycles. The van der Waals surface area contributed by atoms with Gasteiger partial charge in [0.1, 0.15) is 6.10 Å². The summed E-state index contributed by atoms with van der Waals surface area (Å²) in [5.74, 6) is -0.178. The molecule has 268 valence electrons. The third kappa shape index (κ3) is 11.6. The number of hydrogen-bond acceptors (Lipinski definition) is 7. The first kappa shape index (κ1) is 39.0. The molecule has 0 atom stereocenters. The van der Waals surface area contributed by atoms with Crippen molar-refractivity contribution >= 4 is 26.8 Å². The summed E-state index contributed by atoms with van der Waals surface area (Å²) in [6.07, 6.45) is 13.9. The highest BCUT2D eigenvalue weighted by Crippen LogP contribution is 2.34. The molecular weight excluding hydrogens is 645 g/mol. The van der Waals surface area contributed by atoms with Crippen LogP contribution in [0.1, 0.15) is 85.6 Å². The molecule has 1 aliphatic rings. The van der Waals surface area contributed by atoms with E-state index in [0.717, 1.165) is 86.1 Å². The Morgan fingerprint density at radius 2 is 1.46 bits per heavy atom. The van der Waals surface area contributed by atoms with Gasteiger partial charge in [-0.2, -0.15) is 0 Å². The Kier molecular flexibility index (Phi) is 15.7. The highest BCUT2D eigenvalue weighted by molar-refractivity contribution is 6.60. The predicted molar refractivity (Wildman–Crippen MR) is 202 cm³/mol. The smallest absolute Gasteiger partial charge is 0.462 e. The zero-order valence-corrected chi connectivity index (χ0v) is 31.3. The van der Waals surface area contributed by atoms with Crippen molar-refractivity contribution in [1.82, 2.24) is 0 Å². The first-order chi connectivity index (χ1) is 24.3. The second-order valence-electron chi connectivity index (χ2n) is 13.0. The number of aryl methyl sites for hydroxylation is 2. The maximum atomic E-state index is 12.9. The number of unbranched alkanes of at least 4 members (excludes halogenated alkanes) is 1. The fraction of sp³-hybridized carbons (Fsp3) is 0.429. The van der Waals surface area contributed by atoms with Gasteiger partial charge in [-0.05, 0) is 102 Å². The molecule has 0 bridgehead atoms. The predicted octanol–water partition coefficient (Wildman–Crippen LogP) is 9.06. The highest BCUT2D eigenvalue weighted by Gasteiger charge is 2.36. The molecule has 0 aromatic heterocycles. The van der Waals surface area contributed by atoms with Crippen LogP contribution in [0.2, 0.25) is 6.04 Å². The van der Waals surface area contributed by atoms with E-state index in [-0.39, 0.29) is 12.1 Å². The van der Waals surface area contributed by atoms with Crippen molar-refractivity contribution in [2.75, 3.05) is 27.9 Å². The Hall–Kier alpha value is -3.82. The van der Waals surface area contributed by atoms with Crippen LogP contribution in [0.3, 0.4) is 0 Å². The summed E-state index contributed by atoms with van der Waals surface area (Å²) in [6, 6.07) is 24.5. The zero-order chi connectivity index (χ0) is 35.8. The molecule has 8 heteroatoms. The van der Waals surface area contributed by atoms with E-state index in [1.165, 1.54) is 22.8 Å². The number of rotatable bonds is 19. The van der Waals surface area contributed by atoms with Gasteiger partial charge in [0, 0.05) is 45.9 Å². The molecule has 1 fully saturated rings. The first-order valence-electron chi connectivity index (χ1n) is 18.0. The second kappa shape index (κ2) is 20.1. The molecule has 1 saturated carbocycles. The lowest BCUT2D eigenvalue weighted by molar-refractivity contribution is -0.144. The van der Waals surface area contributed by atoms with Crippen molar-refractivity contribution in [1.29, 1.82) is 0 Å². The Morgan fingerprint density at radius 1 is 0.800 bits per heavy atom. The Labute approximate surface area is 300 Å². The number of hydrogen-bond donors (Lipinski definition) is 0. The minimum Gasteiger partial charge on any atom is -0.462 e. The summed E-state index contributed by atoms with van der Waals surface area (Å²) in [4.78, 5) is 24.3. The van der Waals surface area contributed by atoms with Crippen LogP contribution in [0.4, 0.5) is 0 Å². The van der Waals surface area contributed by atoms with E-state index in [9.17, 15) is 9.59 Å².